The smallest absolute Gasteiger partial charge is 0.331 e. The fourth-order valence-electron chi connectivity index (χ4n) is 4.59. The van der Waals surface area contributed by atoms with Crippen molar-refractivity contribution in [3.8, 4) is 17.1 Å². The third-order valence-corrected chi connectivity index (χ3v) is 8.22. The number of likely N-dealkylation sites (N-methyl/N-ethyl adjacent to an activating group) is 1. The van der Waals surface area contributed by atoms with Crippen LogP contribution in [0.5, 0.6) is 0 Å². The van der Waals surface area contributed by atoms with Crippen LogP contribution < -0.4 is 0 Å². The normalized spacial score (nSPS) is 16.7. The molecule has 10 heteroatoms. The van der Waals surface area contributed by atoms with Crippen molar-refractivity contribution in [2.75, 3.05) is 24.7 Å². The Morgan fingerprint density at radius 2 is 1.92 bits per heavy atom. The van der Waals surface area contributed by atoms with Crippen LogP contribution >= 0.6 is 0 Å². The maximum absolute atomic E-state index is 12.6. The summed E-state index contributed by atoms with van der Waals surface area (Å²) >= 11 is 0. The highest BCUT2D eigenvalue weighted by Gasteiger charge is 2.34. The van der Waals surface area contributed by atoms with Crippen molar-refractivity contribution < 1.29 is 27.2 Å². The first-order valence-electron chi connectivity index (χ1n) is 12.3. The van der Waals surface area contributed by atoms with Crippen molar-refractivity contribution in [2.24, 2.45) is 0 Å². The molecule has 2 aromatic carbocycles. The molecule has 0 aliphatic carbocycles. The van der Waals surface area contributed by atoms with E-state index in [1.165, 1.54) is 11.0 Å². The van der Waals surface area contributed by atoms with E-state index >= 15 is 0 Å². The quantitative estimate of drug-likeness (QED) is 0.250. The van der Waals surface area contributed by atoms with Gasteiger partial charge in [0.2, 0.25) is 0 Å². The molecular weight excluding hydrogens is 506 g/mol. The van der Waals surface area contributed by atoms with Crippen molar-refractivity contribution in [2.45, 2.75) is 19.4 Å². The highest BCUT2D eigenvalue weighted by atomic mass is 32.2. The van der Waals surface area contributed by atoms with E-state index in [9.17, 15) is 18.0 Å². The Hall–Kier alpha value is -4.18. The average Bonchev–Trinajstić information content (AvgIpc) is 3.63. The summed E-state index contributed by atoms with van der Waals surface area (Å²) in [6.07, 6.45) is 4.99. The molecule has 1 fully saturated rings. The van der Waals surface area contributed by atoms with Crippen LogP contribution in [-0.2, 0) is 24.2 Å². The lowest BCUT2D eigenvalue weighted by atomic mass is 10.2. The molecule has 0 bridgehead atoms. The second kappa shape index (κ2) is 10.7. The summed E-state index contributed by atoms with van der Waals surface area (Å²) < 4.78 is 36.5. The molecule has 0 saturated carbocycles. The van der Waals surface area contributed by atoms with Gasteiger partial charge in [-0.1, -0.05) is 36.4 Å². The summed E-state index contributed by atoms with van der Waals surface area (Å²) in [6, 6.07) is 18.7. The lowest BCUT2D eigenvalue weighted by Crippen LogP contribution is -2.43. The molecule has 0 radical (unpaired) electrons. The molecule has 2 aromatic heterocycles. The number of hydrogen-bond acceptors (Lipinski definition) is 7. The van der Waals surface area contributed by atoms with E-state index in [0.717, 1.165) is 16.7 Å². The largest absolute Gasteiger partial charge is 0.454 e. The van der Waals surface area contributed by atoms with Crippen LogP contribution in [0.25, 0.3) is 34.2 Å². The maximum atomic E-state index is 12.6. The number of amides is 1. The number of rotatable bonds is 8. The summed E-state index contributed by atoms with van der Waals surface area (Å²) in [4.78, 5) is 26.6. The molecule has 1 saturated heterocycles. The van der Waals surface area contributed by atoms with Crippen LogP contribution in [-0.4, -0.2) is 65.7 Å². The average molecular weight is 534 g/mol. The van der Waals surface area contributed by atoms with Gasteiger partial charge in [-0.3, -0.25) is 4.79 Å². The second-order valence-corrected chi connectivity index (χ2v) is 11.3. The molecule has 38 heavy (non-hydrogen) atoms. The van der Waals surface area contributed by atoms with E-state index in [2.05, 4.69) is 0 Å². The fraction of sp³-hybridized carbons (Fsp3) is 0.250. The van der Waals surface area contributed by atoms with Gasteiger partial charge in [-0.25, -0.2) is 17.9 Å². The molecule has 3 heterocycles. The lowest BCUT2D eigenvalue weighted by Gasteiger charge is -2.26. The number of carbonyl (C=O) groups is 2. The molecule has 4 aromatic rings. The van der Waals surface area contributed by atoms with Crippen LogP contribution in [0.4, 0.5) is 0 Å². The molecule has 0 spiro atoms. The Balaban J connectivity index is 1.33. The highest BCUT2D eigenvalue weighted by Crippen LogP contribution is 2.30. The minimum Gasteiger partial charge on any atom is -0.454 e. The first kappa shape index (κ1) is 25.5. The van der Waals surface area contributed by atoms with Crippen LogP contribution in [0, 0.1) is 0 Å². The van der Waals surface area contributed by atoms with E-state index < -0.39 is 28.3 Å². The number of fused-ring (bicyclic) bond motifs is 1. The molecule has 0 unspecified atom stereocenters. The monoisotopic (exact) mass is 533 g/mol. The molecule has 1 atom stereocenters. The molecule has 1 amide bonds. The zero-order valence-electron chi connectivity index (χ0n) is 20.8. The summed E-state index contributed by atoms with van der Waals surface area (Å²) in [5, 5.41) is 5.63. The van der Waals surface area contributed by atoms with E-state index in [-0.39, 0.29) is 17.5 Å². The van der Waals surface area contributed by atoms with Gasteiger partial charge >= 0.3 is 5.97 Å². The van der Waals surface area contributed by atoms with Gasteiger partial charge in [-0.2, -0.15) is 5.10 Å². The molecule has 1 aliphatic heterocycles. The van der Waals surface area contributed by atoms with E-state index in [1.807, 2.05) is 60.7 Å². The number of hydrogen-bond donors (Lipinski definition) is 0. The van der Waals surface area contributed by atoms with Crippen molar-refractivity contribution in [1.29, 1.82) is 0 Å². The summed E-state index contributed by atoms with van der Waals surface area (Å²) in [6.45, 7) is 1.65. The summed E-state index contributed by atoms with van der Waals surface area (Å²) in [5.41, 5.74) is 2.73. The van der Waals surface area contributed by atoms with Crippen molar-refractivity contribution in [3.05, 3.63) is 78.5 Å². The SMILES string of the molecule is CCN(C(=O)COC(=O)/C=C/c1cn(-c2ccccc2)nc1-c1cc2ccccc2o1)[C@H]1CCS(=O)(=O)C1. The van der Waals surface area contributed by atoms with Crippen LogP contribution in [0.2, 0.25) is 0 Å². The van der Waals surface area contributed by atoms with Gasteiger partial charge in [0, 0.05) is 35.8 Å². The molecule has 5 rings (SSSR count). The first-order chi connectivity index (χ1) is 18.3. The number of nitrogens with zero attached hydrogens (tertiary/aromatic N) is 3. The maximum Gasteiger partial charge on any atom is 0.331 e. The fourth-order valence-corrected chi connectivity index (χ4v) is 6.32. The molecule has 196 valence electrons. The summed E-state index contributed by atoms with van der Waals surface area (Å²) in [5.74, 6) is -0.563. The van der Waals surface area contributed by atoms with Gasteiger partial charge in [-0.15, -0.1) is 0 Å². The van der Waals surface area contributed by atoms with Crippen molar-refractivity contribution >= 4 is 38.8 Å². The third kappa shape index (κ3) is 5.55. The Morgan fingerprint density at radius 3 is 2.63 bits per heavy atom. The number of benzene rings is 2. The zero-order chi connectivity index (χ0) is 26.7. The number of esters is 1. The minimum absolute atomic E-state index is 0.0591. The topological polar surface area (TPSA) is 112 Å². The van der Waals surface area contributed by atoms with E-state index in [1.54, 1.807) is 23.9 Å². The number of para-hydroxylation sites is 2. The standard InChI is InChI=1S/C28H27N3O6S/c1-2-30(23-14-15-38(34,35)19-23)26(32)18-36-27(33)13-12-21-17-31(22-9-4-3-5-10-22)29-28(21)25-16-20-8-6-7-11-24(20)37-25/h3-13,16-17,23H,2,14-15,18-19H2,1H3/b13-12+/t23-/m0/s1. The van der Waals surface area contributed by atoms with Crippen molar-refractivity contribution in [3.63, 3.8) is 0 Å². The Kier molecular flexibility index (Phi) is 7.15. The number of carbonyl (C=O) groups excluding carboxylic acids is 2. The summed E-state index contributed by atoms with van der Waals surface area (Å²) in [7, 11) is -3.14. The van der Waals surface area contributed by atoms with Gasteiger partial charge in [0.15, 0.2) is 22.2 Å². The Bertz CT molecular complexity index is 1570. The lowest BCUT2D eigenvalue weighted by molar-refractivity contribution is -0.149. The second-order valence-electron chi connectivity index (χ2n) is 9.04. The minimum atomic E-state index is -3.14. The van der Waals surface area contributed by atoms with Crippen LogP contribution in [0.15, 0.2) is 77.4 Å². The van der Waals surface area contributed by atoms with Gasteiger partial charge in [0.05, 0.1) is 17.2 Å². The number of sulfone groups is 1. The number of furan rings is 1. The Labute approximate surface area is 220 Å². The van der Waals surface area contributed by atoms with E-state index in [4.69, 9.17) is 14.3 Å². The number of ether oxygens (including phenoxy) is 1. The molecule has 9 nitrogen and oxygen atoms in total. The van der Waals surface area contributed by atoms with Gasteiger partial charge < -0.3 is 14.1 Å². The van der Waals surface area contributed by atoms with Gasteiger partial charge in [-0.05, 0) is 43.7 Å². The molecule has 0 N–H and O–H groups in total. The van der Waals surface area contributed by atoms with Crippen LogP contribution in [0.3, 0.4) is 0 Å². The van der Waals surface area contributed by atoms with Crippen LogP contribution in [0.1, 0.15) is 18.9 Å². The highest BCUT2D eigenvalue weighted by molar-refractivity contribution is 7.91. The number of aromatic nitrogens is 2. The molecule has 1 aliphatic rings. The van der Waals surface area contributed by atoms with Gasteiger partial charge in [0.1, 0.15) is 11.3 Å². The molecular formula is C28H27N3O6S. The zero-order valence-corrected chi connectivity index (χ0v) is 21.6. The van der Waals surface area contributed by atoms with E-state index in [0.29, 0.717) is 30.0 Å². The predicted molar refractivity (Wildman–Crippen MR) is 143 cm³/mol. The third-order valence-electron chi connectivity index (χ3n) is 6.47. The predicted octanol–water partition coefficient (Wildman–Crippen LogP) is 3.88. The van der Waals surface area contributed by atoms with Crippen molar-refractivity contribution in [1.82, 2.24) is 14.7 Å². The van der Waals surface area contributed by atoms with Gasteiger partial charge in [0.25, 0.3) is 5.91 Å². The first-order valence-corrected chi connectivity index (χ1v) is 14.1. The Morgan fingerprint density at radius 1 is 1.16 bits per heavy atom.